The van der Waals surface area contributed by atoms with Crippen LogP contribution in [-0.4, -0.2) is 34.2 Å². The predicted molar refractivity (Wildman–Crippen MR) is 254 cm³/mol. The van der Waals surface area contributed by atoms with Crippen LogP contribution in [0.15, 0.2) is 193 Å². The number of hydrogen-bond donors (Lipinski definition) is 1. The molecule has 0 unspecified atom stereocenters. The summed E-state index contributed by atoms with van der Waals surface area (Å²) in [7, 11) is 0. The number of benzene rings is 8. The average molecular weight is 795 g/mol. The van der Waals surface area contributed by atoms with Crippen molar-refractivity contribution in [2.75, 3.05) is 0 Å². The number of para-hydroxylation sites is 6. The van der Waals surface area contributed by atoms with Gasteiger partial charge in [0.15, 0.2) is 0 Å². The molecule has 0 saturated heterocycles. The second-order valence-electron chi connectivity index (χ2n) is 16.1. The Morgan fingerprint density at radius 3 is 1.44 bits per heavy atom. The van der Waals surface area contributed by atoms with E-state index in [1.165, 1.54) is 43.4 Å². The fourth-order valence-corrected chi connectivity index (χ4v) is 10.2. The summed E-state index contributed by atoms with van der Waals surface area (Å²) >= 11 is 0. The number of hydrogen-bond acceptors (Lipinski definition) is 4. The molecule has 6 heterocycles. The molecule has 5 aromatic heterocycles. The molecule has 14 rings (SSSR count). The number of fused-ring (bicyclic) bond motifs is 14. The van der Waals surface area contributed by atoms with Crippen LogP contribution in [0.3, 0.4) is 0 Å². The van der Waals surface area contributed by atoms with E-state index in [-0.39, 0.29) is 0 Å². The van der Waals surface area contributed by atoms with Crippen molar-refractivity contribution in [2.24, 2.45) is 4.99 Å². The molecule has 0 fully saturated rings. The van der Waals surface area contributed by atoms with E-state index in [0.717, 1.165) is 72.6 Å². The molecule has 8 heteroatoms. The monoisotopic (exact) mass is 794 g/mol. The second-order valence-corrected chi connectivity index (χ2v) is 16.1. The molecular formula is C54H34N8. The van der Waals surface area contributed by atoms with Crippen molar-refractivity contribution in [3.63, 3.8) is 0 Å². The predicted octanol–water partition coefficient (Wildman–Crippen LogP) is 12.5. The highest BCUT2D eigenvalue weighted by molar-refractivity contribution is 6.24. The summed E-state index contributed by atoms with van der Waals surface area (Å²) in [6, 6.07) is 65.0. The summed E-state index contributed by atoms with van der Waals surface area (Å²) in [5, 5.41) is 13.1. The minimum atomic E-state index is 0.490. The zero-order valence-electron chi connectivity index (χ0n) is 33.2. The van der Waals surface area contributed by atoms with Gasteiger partial charge in [-0.2, -0.15) is 0 Å². The van der Waals surface area contributed by atoms with Gasteiger partial charge in [-0.05, 0) is 60.7 Å². The minimum absolute atomic E-state index is 0.490. The molecule has 0 saturated carbocycles. The highest BCUT2D eigenvalue weighted by Gasteiger charge is 2.25. The molecule has 1 aliphatic rings. The van der Waals surface area contributed by atoms with Gasteiger partial charge in [-0.15, -0.1) is 0 Å². The Balaban J connectivity index is 0.978. The molecule has 8 aromatic carbocycles. The van der Waals surface area contributed by atoms with Crippen molar-refractivity contribution >= 4 is 98.9 Å². The standard InChI is InChI=1S/C54H34N8/c1-3-15-33(16-4-1)59-45-23-11-9-21-37(45)41-30-50-42(29-49(41)59)38-22-10-13-25-47(38)61(50)53-55-31-44-43(57-53)32-56-54(58-44)62-48-26-14-8-20-36(48)40-28-27-39-35-19-7-12-24-46(35)60(51(39)52(40)62)34-17-5-2-6-18-34/h1-30,32H,31H2,(H,55,57). The number of nitrogens with one attached hydrogen (secondary N) is 1. The van der Waals surface area contributed by atoms with Gasteiger partial charge in [-0.3, -0.25) is 9.13 Å². The first kappa shape index (κ1) is 33.4. The van der Waals surface area contributed by atoms with E-state index in [2.05, 4.69) is 206 Å². The molecule has 0 amide bonds. The van der Waals surface area contributed by atoms with E-state index in [9.17, 15) is 0 Å². The van der Waals surface area contributed by atoms with Crippen LogP contribution in [-0.2, 0) is 6.54 Å². The number of aromatic nitrogens is 6. The van der Waals surface area contributed by atoms with Gasteiger partial charge in [0.2, 0.25) is 11.9 Å². The third-order valence-electron chi connectivity index (χ3n) is 12.8. The zero-order chi connectivity index (χ0) is 40.5. The van der Waals surface area contributed by atoms with E-state index < -0.39 is 0 Å². The summed E-state index contributed by atoms with van der Waals surface area (Å²) in [6.07, 6.45) is 1.89. The Kier molecular flexibility index (Phi) is 6.73. The van der Waals surface area contributed by atoms with E-state index in [4.69, 9.17) is 15.0 Å². The summed E-state index contributed by atoms with van der Waals surface area (Å²) in [4.78, 5) is 15.8. The zero-order valence-corrected chi connectivity index (χ0v) is 33.2. The molecule has 8 nitrogen and oxygen atoms in total. The molecule has 290 valence electrons. The highest BCUT2D eigenvalue weighted by atomic mass is 15.3. The number of aliphatic imine (C=N–C) groups is 1. The summed E-state index contributed by atoms with van der Waals surface area (Å²) < 4.78 is 9.27. The largest absolute Gasteiger partial charge is 0.350 e. The minimum Gasteiger partial charge on any atom is -0.350 e. The number of rotatable bonds is 3. The summed E-state index contributed by atoms with van der Waals surface area (Å²) in [6.45, 7) is 0.490. The van der Waals surface area contributed by atoms with E-state index in [1.807, 2.05) is 6.20 Å². The van der Waals surface area contributed by atoms with Gasteiger partial charge in [0.25, 0.3) is 0 Å². The van der Waals surface area contributed by atoms with Gasteiger partial charge in [-0.25, -0.2) is 15.0 Å². The lowest BCUT2D eigenvalue weighted by atomic mass is 10.1. The molecule has 0 aliphatic carbocycles. The first-order valence-electron chi connectivity index (χ1n) is 21.0. The molecule has 0 radical (unpaired) electrons. The van der Waals surface area contributed by atoms with Crippen LogP contribution in [0.2, 0.25) is 0 Å². The average Bonchev–Trinajstić information content (AvgIpc) is 4.06. The Hall–Kier alpha value is -8.49. The molecule has 0 bridgehead atoms. The molecule has 0 atom stereocenters. The van der Waals surface area contributed by atoms with Crippen molar-refractivity contribution in [2.45, 2.75) is 6.54 Å². The Labute approximate surface area is 353 Å². The fourth-order valence-electron chi connectivity index (χ4n) is 10.2. The summed E-state index contributed by atoms with van der Waals surface area (Å²) in [5.41, 5.74) is 12.8. The Morgan fingerprint density at radius 1 is 0.387 bits per heavy atom. The lowest BCUT2D eigenvalue weighted by molar-refractivity contribution is 0.805. The van der Waals surface area contributed by atoms with Crippen LogP contribution < -0.4 is 5.32 Å². The van der Waals surface area contributed by atoms with Gasteiger partial charge >= 0.3 is 0 Å². The van der Waals surface area contributed by atoms with Crippen LogP contribution in [0.1, 0.15) is 5.69 Å². The Morgan fingerprint density at radius 2 is 0.839 bits per heavy atom. The van der Waals surface area contributed by atoms with Crippen molar-refractivity contribution in [1.82, 2.24) is 33.6 Å². The normalized spacial score (nSPS) is 13.0. The topological polar surface area (TPSA) is 69.9 Å². The third-order valence-corrected chi connectivity index (χ3v) is 12.8. The fraction of sp³-hybridized carbons (Fsp3) is 0.0185. The maximum Gasteiger partial charge on any atom is 0.235 e. The number of nitrogens with zero attached hydrogens (tertiary/aromatic N) is 7. The quantitative estimate of drug-likeness (QED) is 0.194. The maximum absolute atomic E-state index is 5.33. The molecular weight excluding hydrogens is 761 g/mol. The lowest BCUT2D eigenvalue weighted by Crippen LogP contribution is -2.32. The van der Waals surface area contributed by atoms with E-state index in [1.54, 1.807) is 0 Å². The lowest BCUT2D eigenvalue weighted by Gasteiger charge is -2.20. The smallest absolute Gasteiger partial charge is 0.235 e. The molecule has 13 aromatic rings. The van der Waals surface area contributed by atoms with Crippen LogP contribution in [0.25, 0.3) is 105 Å². The van der Waals surface area contributed by atoms with Crippen molar-refractivity contribution in [1.29, 1.82) is 0 Å². The van der Waals surface area contributed by atoms with Crippen molar-refractivity contribution in [3.05, 3.63) is 194 Å². The Bertz CT molecular complexity index is 4030. The van der Waals surface area contributed by atoms with Crippen LogP contribution >= 0.6 is 0 Å². The molecule has 1 N–H and O–H groups in total. The summed E-state index contributed by atoms with van der Waals surface area (Å²) in [5.74, 6) is 1.36. The van der Waals surface area contributed by atoms with Crippen molar-refractivity contribution < 1.29 is 0 Å². The second kappa shape index (κ2) is 12.5. The highest BCUT2D eigenvalue weighted by Crippen LogP contribution is 2.42. The SMILES string of the molecule is c1ccc(-n2c3ccccc3c3cc4c(cc32)c2ccccc2n4C2=Nc3cnc(-n4c5ccccc5c5ccc6c7ccccc7n(-c7ccccc7)c6c54)nc3CN2)cc1. The van der Waals surface area contributed by atoms with E-state index in [0.29, 0.717) is 12.5 Å². The van der Waals surface area contributed by atoms with Gasteiger partial charge < -0.3 is 14.5 Å². The van der Waals surface area contributed by atoms with E-state index >= 15 is 0 Å². The van der Waals surface area contributed by atoms with Crippen LogP contribution in [0.5, 0.6) is 0 Å². The maximum atomic E-state index is 5.33. The van der Waals surface area contributed by atoms with Gasteiger partial charge in [0, 0.05) is 54.5 Å². The first-order valence-corrected chi connectivity index (χ1v) is 21.0. The van der Waals surface area contributed by atoms with Crippen molar-refractivity contribution in [3.8, 4) is 17.3 Å². The van der Waals surface area contributed by atoms with Gasteiger partial charge in [0.05, 0.1) is 62.6 Å². The van der Waals surface area contributed by atoms with Crippen LogP contribution in [0.4, 0.5) is 5.69 Å². The first-order chi connectivity index (χ1) is 30.8. The molecule has 1 aliphatic heterocycles. The third kappa shape index (κ3) is 4.52. The molecule has 62 heavy (non-hydrogen) atoms. The van der Waals surface area contributed by atoms with Gasteiger partial charge in [-0.1, -0.05) is 121 Å². The van der Waals surface area contributed by atoms with Crippen LogP contribution in [0, 0.1) is 0 Å². The van der Waals surface area contributed by atoms with Gasteiger partial charge in [0.1, 0.15) is 5.69 Å². The molecule has 0 spiro atoms.